The molecular weight excluding hydrogens is 296 g/mol. The van der Waals surface area contributed by atoms with Crippen molar-refractivity contribution in [3.63, 3.8) is 0 Å². The van der Waals surface area contributed by atoms with Crippen LogP contribution in [0.2, 0.25) is 0 Å². The van der Waals surface area contributed by atoms with E-state index in [1.165, 1.54) is 13.0 Å². The zero-order valence-corrected chi connectivity index (χ0v) is 12.2. The minimum absolute atomic E-state index is 0.164. The van der Waals surface area contributed by atoms with Crippen molar-refractivity contribution in [2.45, 2.75) is 19.3 Å². The first-order chi connectivity index (χ1) is 10.0. The topological polar surface area (TPSA) is 29.1 Å². The molecule has 21 heavy (non-hydrogen) atoms. The Labute approximate surface area is 126 Å². The van der Waals surface area contributed by atoms with Gasteiger partial charge in [0.15, 0.2) is 0 Å². The molecule has 110 valence electrons. The Balaban J connectivity index is 2.10. The molecule has 2 nitrogen and oxygen atoms in total. The van der Waals surface area contributed by atoms with Gasteiger partial charge < -0.3 is 5.32 Å². The van der Waals surface area contributed by atoms with Crippen LogP contribution in [0.4, 0.5) is 8.78 Å². The Bertz CT molecular complexity index is 673. The molecule has 5 heteroatoms. The molecule has 0 saturated heterocycles. The van der Waals surface area contributed by atoms with E-state index >= 15 is 0 Å². The maximum absolute atomic E-state index is 13.6. The molecule has 1 amide bonds. The quantitative estimate of drug-likeness (QED) is 0.852. The summed E-state index contributed by atoms with van der Waals surface area (Å²) in [5.41, 5.74) is 1.86. The van der Waals surface area contributed by atoms with Crippen LogP contribution in [0.3, 0.4) is 0 Å². The van der Waals surface area contributed by atoms with Gasteiger partial charge in [0.1, 0.15) is 11.6 Å². The van der Waals surface area contributed by atoms with Crippen LogP contribution in [0.15, 0.2) is 36.4 Å². The van der Waals surface area contributed by atoms with Gasteiger partial charge in [-0.2, -0.15) is 0 Å². The van der Waals surface area contributed by atoms with Crippen molar-refractivity contribution < 1.29 is 13.6 Å². The standard InChI is InChI=1S/C16H14ClF2NO/c1-10-5-13(15(19)7-14(10)18)16(21)20-9-12-4-2-3-11(6-12)8-17/h2-7H,8-9H2,1H3,(H,20,21). The number of amides is 1. The van der Waals surface area contributed by atoms with Crippen molar-refractivity contribution in [2.24, 2.45) is 0 Å². The lowest BCUT2D eigenvalue weighted by molar-refractivity contribution is 0.0946. The largest absolute Gasteiger partial charge is 0.348 e. The first kappa shape index (κ1) is 15.4. The fourth-order valence-electron chi connectivity index (χ4n) is 1.93. The highest BCUT2D eigenvalue weighted by atomic mass is 35.5. The molecule has 0 aromatic heterocycles. The molecule has 0 aliphatic carbocycles. The summed E-state index contributed by atoms with van der Waals surface area (Å²) in [6.45, 7) is 1.73. The average molecular weight is 310 g/mol. The number of benzene rings is 2. The summed E-state index contributed by atoms with van der Waals surface area (Å²) >= 11 is 5.74. The van der Waals surface area contributed by atoms with Crippen LogP contribution in [0, 0.1) is 18.6 Å². The molecule has 0 fully saturated rings. The van der Waals surface area contributed by atoms with Crippen LogP contribution >= 0.6 is 11.6 Å². The molecule has 0 saturated carbocycles. The first-order valence-corrected chi connectivity index (χ1v) is 6.92. The third kappa shape index (κ3) is 3.79. The third-order valence-corrected chi connectivity index (χ3v) is 3.40. The molecule has 0 aliphatic rings. The molecule has 0 atom stereocenters. The number of halogens is 3. The van der Waals surface area contributed by atoms with E-state index in [1.54, 1.807) is 0 Å². The smallest absolute Gasteiger partial charge is 0.254 e. The molecule has 0 unspecified atom stereocenters. The van der Waals surface area contributed by atoms with Crippen molar-refractivity contribution in [1.29, 1.82) is 0 Å². The minimum atomic E-state index is -0.870. The third-order valence-electron chi connectivity index (χ3n) is 3.09. The molecule has 0 spiro atoms. The number of hydrogen-bond donors (Lipinski definition) is 1. The van der Waals surface area contributed by atoms with Gasteiger partial charge in [-0.15, -0.1) is 11.6 Å². The minimum Gasteiger partial charge on any atom is -0.348 e. The van der Waals surface area contributed by atoms with E-state index in [4.69, 9.17) is 11.6 Å². The fraction of sp³-hybridized carbons (Fsp3) is 0.188. The van der Waals surface area contributed by atoms with Gasteiger partial charge in [-0.05, 0) is 29.7 Å². The van der Waals surface area contributed by atoms with Crippen molar-refractivity contribution in [1.82, 2.24) is 5.32 Å². The van der Waals surface area contributed by atoms with Gasteiger partial charge in [0.2, 0.25) is 0 Å². The van der Waals surface area contributed by atoms with Crippen LogP contribution in [0.5, 0.6) is 0 Å². The predicted octanol–water partition coefficient (Wildman–Crippen LogP) is 3.94. The summed E-state index contributed by atoms with van der Waals surface area (Å²) in [4.78, 5) is 12.0. The van der Waals surface area contributed by atoms with Crippen LogP contribution in [-0.2, 0) is 12.4 Å². The Morgan fingerprint density at radius 1 is 1.14 bits per heavy atom. The Hall–Kier alpha value is -1.94. The lowest BCUT2D eigenvalue weighted by Gasteiger charge is -2.08. The van der Waals surface area contributed by atoms with Gasteiger partial charge >= 0.3 is 0 Å². The van der Waals surface area contributed by atoms with E-state index in [-0.39, 0.29) is 17.7 Å². The monoisotopic (exact) mass is 309 g/mol. The zero-order chi connectivity index (χ0) is 15.4. The van der Waals surface area contributed by atoms with E-state index < -0.39 is 17.5 Å². The maximum atomic E-state index is 13.6. The molecule has 0 heterocycles. The lowest BCUT2D eigenvalue weighted by Crippen LogP contribution is -2.24. The molecule has 0 radical (unpaired) electrons. The summed E-state index contributed by atoms with van der Waals surface area (Å²) in [7, 11) is 0. The number of aryl methyl sites for hydroxylation is 1. The highest BCUT2D eigenvalue weighted by molar-refractivity contribution is 6.17. The van der Waals surface area contributed by atoms with Gasteiger partial charge in [0.05, 0.1) is 5.56 Å². The fourth-order valence-corrected chi connectivity index (χ4v) is 2.10. The number of hydrogen-bond acceptors (Lipinski definition) is 1. The average Bonchev–Trinajstić information content (AvgIpc) is 2.48. The Morgan fingerprint density at radius 2 is 1.86 bits per heavy atom. The summed E-state index contributed by atoms with van der Waals surface area (Å²) in [5, 5.41) is 2.61. The number of nitrogens with one attached hydrogen (secondary N) is 1. The van der Waals surface area contributed by atoms with Crippen LogP contribution < -0.4 is 5.32 Å². The van der Waals surface area contributed by atoms with Gasteiger partial charge in [0, 0.05) is 18.5 Å². The molecule has 1 N–H and O–H groups in total. The number of carbonyl (C=O) groups is 1. The van der Waals surface area contributed by atoms with E-state index in [0.29, 0.717) is 5.88 Å². The van der Waals surface area contributed by atoms with Crippen molar-refractivity contribution >= 4 is 17.5 Å². The molecule has 2 rings (SSSR count). The molecule has 2 aromatic carbocycles. The Kier molecular flexibility index (Phi) is 4.91. The van der Waals surface area contributed by atoms with E-state index in [1.807, 2.05) is 24.3 Å². The van der Waals surface area contributed by atoms with Crippen molar-refractivity contribution in [3.8, 4) is 0 Å². The zero-order valence-electron chi connectivity index (χ0n) is 11.4. The van der Waals surface area contributed by atoms with Gasteiger partial charge in [-0.1, -0.05) is 24.3 Å². The van der Waals surface area contributed by atoms with E-state index in [2.05, 4.69) is 5.32 Å². The normalized spacial score (nSPS) is 10.5. The molecule has 0 aliphatic heterocycles. The van der Waals surface area contributed by atoms with Gasteiger partial charge in [-0.25, -0.2) is 8.78 Å². The summed E-state index contributed by atoms with van der Waals surface area (Å²) < 4.78 is 26.8. The molecule has 0 bridgehead atoms. The molecular formula is C16H14ClF2NO. The van der Waals surface area contributed by atoms with E-state index in [0.717, 1.165) is 17.2 Å². The van der Waals surface area contributed by atoms with Crippen LogP contribution in [0.1, 0.15) is 27.0 Å². The second kappa shape index (κ2) is 6.68. The van der Waals surface area contributed by atoms with Crippen molar-refractivity contribution in [2.75, 3.05) is 0 Å². The number of alkyl halides is 1. The highest BCUT2D eigenvalue weighted by Gasteiger charge is 2.14. The predicted molar refractivity (Wildman–Crippen MR) is 78.3 cm³/mol. The number of rotatable bonds is 4. The van der Waals surface area contributed by atoms with Crippen LogP contribution in [0.25, 0.3) is 0 Å². The first-order valence-electron chi connectivity index (χ1n) is 6.39. The Morgan fingerprint density at radius 3 is 2.57 bits per heavy atom. The maximum Gasteiger partial charge on any atom is 0.254 e. The summed E-state index contributed by atoms with van der Waals surface area (Å²) in [6.07, 6.45) is 0. The van der Waals surface area contributed by atoms with Crippen LogP contribution in [-0.4, -0.2) is 5.91 Å². The summed E-state index contributed by atoms with van der Waals surface area (Å²) in [6, 6.07) is 9.33. The number of carbonyl (C=O) groups excluding carboxylic acids is 1. The van der Waals surface area contributed by atoms with Crippen molar-refractivity contribution in [3.05, 3.63) is 70.3 Å². The second-order valence-electron chi connectivity index (χ2n) is 4.72. The SMILES string of the molecule is Cc1cc(C(=O)NCc2cccc(CCl)c2)c(F)cc1F. The summed E-state index contributed by atoms with van der Waals surface area (Å²) in [5.74, 6) is -1.73. The van der Waals surface area contributed by atoms with Gasteiger partial charge in [-0.3, -0.25) is 4.79 Å². The second-order valence-corrected chi connectivity index (χ2v) is 4.98. The van der Waals surface area contributed by atoms with E-state index in [9.17, 15) is 13.6 Å². The lowest BCUT2D eigenvalue weighted by atomic mass is 10.1. The molecule has 2 aromatic rings. The van der Waals surface area contributed by atoms with Gasteiger partial charge in [0.25, 0.3) is 5.91 Å². The highest BCUT2D eigenvalue weighted by Crippen LogP contribution is 2.14.